The van der Waals surface area contributed by atoms with E-state index in [2.05, 4.69) is 38.4 Å². The van der Waals surface area contributed by atoms with E-state index >= 15 is 0 Å². The van der Waals surface area contributed by atoms with Crippen molar-refractivity contribution < 1.29 is 9.15 Å². The van der Waals surface area contributed by atoms with Crippen molar-refractivity contribution in [1.29, 1.82) is 0 Å². The monoisotopic (exact) mass is 352 g/mol. The number of hydrogen-bond donors (Lipinski definition) is 1. The van der Waals surface area contributed by atoms with Gasteiger partial charge in [-0.1, -0.05) is 18.2 Å². The van der Waals surface area contributed by atoms with Crippen molar-refractivity contribution >= 4 is 16.8 Å². The molecule has 3 aromatic rings. The molecule has 0 saturated carbocycles. The van der Waals surface area contributed by atoms with E-state index in [1.807, 2.05) is 19.1 Å². The van der Waals surface area contributed by atoms with Gasteiger partial charge in [-0.05, 0) is 19.4 Å². The van der Waals surface area contributed by atoms with Crippen LogP contribution in [0.15, 0.2) is 47.3 Å². The van der Waals surface area contributed by atoms with Gasteiger partial charge < -0.3 is 19.4 Å². The van der Waals surface area contributed by atoms with E-state index in [0.717, 1.165) is 48.5 Å². The van der Waals surface area contributed by atoms with Crippen LogP contribution in [0.2, 0.25) is 0 Å². The van der Waals surface area contributed by atoms with Crippen molar-refractivity contribution in [1.82, 2.24) is 15.3 Å². The molecule has 1 aliphatic rings. The average molecular weight is 352 g/mol. The third kappa shape index (κ3) is 3.43. The molecule has 2 atom stereocenters. The Morgan fingerprint density at radius 2 is 2.23 bits per heavy atom. The Bertz CT molecular complexity index is 879. The van der Waals surface area contributed by atoms with Crippen LogP contribution < -0.4 is 10.2 Å². The molecule has 1 fully saturated rings. The quantitative estimate of drug-likeness (QED) is 0.736. The van der Waals surface area contributed by atoms with E-state index in [0.29, 0.717) is 6.04 Å². The van der Waals surface area contributed by atoms with Gasteiger partial charge in [-0.15, -0.1) is 0 Å². The number of aromatic nitrogens is 2. The second-order valence-electron chi connectivity index (χ2n) is 6.80. The minimum absolute atomic E-state index is 0.227. The van der Waals surface area contributed by atoms with Crippen LogP contribution in [0, 0.1) is 6.92 Å². The lowest BCUT2D eigenvalue weighted by molar-refractivity contribution is 0.118. The first kappa shape index (κ1) is 17.0. The molecule has 0 amide bonds. The highest BCUT2D eigenvalue weighted by Crippen LogP contribution is 2.26. The number of aryl methyl sites for hydroxylation is 1. The number of furan rings is 1. The van der Waals surface area contributed by atoms with E-state index in [1.54, 1.807) is 19.7 Å². The van der Waals surface area contributed by atoms with Crippen molar-refractivity contribution in [2.45, 2.75) is 32.0 Å². The standard InChI is InChI=1S/C20H24N4O2/c1-14-8-19(23-13-22-14)24-12-18(25-2)9-17(24)11-21-10-16-5-3-4-15-6-7-26-20(15)16/h3-8,13,17-18,21H,9-12H2,1-2H3/t17-,18-/m0/s1. The van der Waals surface area contributed by atoms with Crippen molar-refractivity contribution in [3.8, 4) is 0 Å². The van der Waals surface area contributed by atoms with Crippen molar-refractivity contribution in [3.63, 3.8) is 0 Å². The Morgan fingerprint density at radius 3 is 3.08 bits per heavy atom. The topological polar surface area (TPSA) is 63.4 Å². The van der Waals surface area contributed by atoms with Gasteiger partial charge in [-0.2, -0.15) is 0 Å². The Balaban J connectivity index is 1.44. The third-order valence-corrected chi connectivity index (χ3v) is 5.05. The maximum absolute atomic E-state index is 5.62. The van der Waals surface area contributed by atoms with Crippen LogP contribution in [-0.4, -0.2) is 42.3 Å². The highest BCUT2D eigenvalue weighted by atomic mass is 16.5. The molecule has 1 aromatic carbocycles. The zero-order valence-electron chi connectivity index (χ0n) is 15.2. The minimum Gasteiger partial charge on any atom is -0.464 e. The summed E-state index contributed by atoms with van der Waals surface area (Å²) >= 11 is 0. The Kier molecular flexibility index (Phi) is 4.86. The van der Waals surface area contributed by atoms with Crippen LogP contribution in [0.4, 0.5) is 5.82 Å². The number of ether oxygens (including phenoxy) is 1. The molecule has 6 nitrogen and oxygen atoms in total. The van der Waals surface area contributed by atoms with Gasteiger partial charge in [0.25, 0.3) is 0 Å². The molecule has 26 heavy (non-hydrogen) atoms. The lowest BCUT2D eigenvalue weighted by Gasteiger charge is -2.25. The lowest BCUT2D eigenvalue weighted by Crippen LogP contribution is -2.38. The van der Waals surface area contributed by atoms with Crippen LogP contribution in [0.3, 0.4) is 0 Å². The number of methoxy groups -OCH3 is 1. The SMILES string of the molecule is CO[C@H]1C[C@@H](CNCc2cccc3ccoc23)N(c2cc(C)ncn2)C1. The number of hydrogen-bond acceptors (Lipinski definition) is 6. The molecular formula is C20H24N4O2. The summed E-state index contributed by atoms with van der Waals surface area (Å²) in [6.45, 7) is 4.48. The zero-order chi connectivity index (χ0) is 17.9. The van der Waals surface area contributed by atoms with Crippen LogP contribution in [-0.2, 0) is 11.3 Å². The predicted octanol–water partition coefficient (Wildman–Crippen LogP) is 2.91. The molecule has 2 aromatic heterocycles. The fourth-order valence-electron chi connectivity index (χ4n) is 3.68. The highest BCUT2D eigenvalue weighted by Gasteiger charge is 2.32. The summed E-state index contributed by atoms with van der Waals surface area (Å²) in [5.74, 6) is 0.969. The number of para-hydroxylation sites is 1. The van der Waals surface area contributed by atoms with Crippen molar-refractivity contribution in [2.75, 3.05) is 25.1 Å². The molecule has 0 spiro atoms. The summed E-state index contributed by atoms with van der Waals surface area (Å²) in [6.07, 6.45) is 4.59. The van der Waals surface area contributed by atoms with Gasteiger partial charge in [0.05, 0.1) is 12.4 Å². The van der Waals surface area contributed by atoms with Gasteiger partial charge in [0.15, 0.2) is 0 Å². The number of nitrogens with zero attached hydrogens (tertiary/aromatic N) is 3. The van der Waals surface area contributed by atoms with E-state index < -0.39 is 0 Å². The first-order chi connectivity index (χ1) is 12.7. The zero-order valence-corrected chi connectivity index (χ0v) is 15.2. The normalized spacial score (nSPS) is 20.2. The molecule has 6 heteroatoms. The summed E-state index contributed by atoms with van der Waals surface area (Å²) in [6, 6.07) is 10.6. The van der Waals surface area contributed by atoms with Crippen LogP contribution in [0.1, 0.15) is 17.7 Å². The van der Waals surface area contributed by atoms with Crippen LogP contribution in [0.5, 0.6) is 0 Å². The molecule has 136 valence electrons. The Morgan fingerprint density at radius 1 is 1.31 bits per heavy atom. The van der Waals surface area contributed by atoms with Gasteiger partial charge in [-0.3, -0.25) is 0 Å². The fourth-order valence-corrected chi connectivity index (χ4v) is 3.68. The molecule has 4 rings (SSSR count). The molecule has 1 N–H and O–H groups in total. The maximum Gasteiger partial charge on any atom is 0.138 e. The van der Waals surface area contributed by atoms with Gasteiger partial charge in [0.1, 0.15) is 17.7 Å². The summed E-state index contributed by atoms with van der Waals surface area (Å²) in [5, 5.41) is 4.73. The molecule has 0 aliphatic carbocycles. The minimum atomic E-state index is 0.227. The first-order valence-corrected chi connectivity index (χ1v) is 8.98. The summed E-state index contributed by atoms with van der Waals surface area (Å²) in [4.78, 5) is 11.0. The van der Waals surface area contributed by atoms with E-state index in [1.165, 1.54) is 5.56 Å². The number of rotatable bonds is 6. The molecule has 0 unspecified atom stereocenters. The molecule has 3 heterocycles. The average Bonchev–Trinajstić information content (AvgIpc) is 3.29. The number of benzene rings is 1. The molecule has 0 radical (unpaired) electrons. The lowest BCUT2D eigenvalue weighted by atomic mass is 10.1. The second-order valence-corrected chi connectivity index (χ2v) is 6.80. The Hall–Kier alpha value is -2.44. The first-order valence-electron chi connectivity index (χ1n) is 8.98. The molecule has 1 saturated heterocycles. The summed E-state index contributed by atoms with van der Waals surface area (Å²) in [5.41, 5.74) is 3.12. The highest BCUT2D eigenvalue weighted by molar-refractivity contribution is 5.80. The third-order valence-electron chi connectivity index (χ3n) is 5.05. The van der Waals surface area contributed by atoms with Gasteiger partial charge >= 0.3 is 0 Å². The van der Waals surface area contributed by atoms with Gasteiger partial charge in [-0.25, -0.2) is 9.97 Å². The molecule has 1 aliphatic heterocycles. The maximum atomic E-state index is 5.62. The van der Waals surface area contributed by atoms with Gasteiger partial charge in [0.2, 0.25) is 0 Å². The van der Waals surface area contributed by atoms with Crippen molar-refractivity contribution in [3.05, 3.63) is 54.2 Å². The van der Waals surface area contributed by atoms with E-state index in [-0.39, 0.29) is 6.10 Å². The summed E-state index contributed by atoms with van der Waals surface area (Å²) in [7, 11) is 1.78. The summed E-state index contributed by atoms with van der Waals surface area (Å²) < 4.78 is 11.2. The molecular weight excluding hydrogens is 328 g/mol. The predicted molar refractivity (Wildman–Crippen MR) is 101 cm³/mol. The van der Waals surface area contributed by atoms with Crippen LogP contribution in [0.25, 0.3) is 11.0 Å². The number of anilines is 1. The number of nitrogens with one attached hydrogen (secondary N) is 1. The smallest absolute Gasteiger partial charge is 0.138 e. The number of fused-ring (bicyclic) bond motifs is 1. The fraction of sp³-hybridized carbons (Fsp3) is 0.400. The Labute approximate surface area is 153 Å². The second kappa shape index (κ2) is 7.43. The van der Waals surface area contributed by atoms with E-state index in [9.17, 15) is 0 Å². The van der Waals surface area contributed by atoms with E-state index in [4.69, 9.17) is 9.15 Å². The van der Waals surface area contributed by atoms with Crippen molar-refractivity contribution in [2.24, 2.45) is 0 Å². The largest absolute Gasteiger partial charge is 0.464 e. The van der Waals surface area contributed by atoms with Gasteiger partial charge in [0, 0.05) is 55.5 Å². The molecule has 0 bridgehead atoms. The van der Waals surface area contributed by atoms with Crippen LogP contribution >= 0.6 is 0 Å².